The van der Waals surface area contributed by atoms with Gasteiger partial charge in [-0.3, -0.25) is 0 Å². The van der Waals surface area contributed by atoms with Crippen LogP contribution in [0.1, 0.15) is 29.0 Å². The molecule has 0 saturated carbocycles. The first-order valence-electron chi connectivity index (χ1n) is 6.80. The van der Waals surface area contributed by atoms with Gasteiger partial charge in [0.2, 0.25) is 0 Å². The Morgan fingerprint density at radius 2 is 1.60 bits per heavy atom. The fraction of sp³-hybridized carbons (Fsp3) is 0.222. The van der Waals surface area contributed by atoms with Crippen LogP contribution >= 0.6 is 0 Å². The summed E-state index contributed by atoms with van der Waals surface area (Å²) in [5, 5.41) is 0. The Morgan fingerprint density at radius 1 is 0.900 bits per heavy atom. The monoisotopic (exact) mass is 266 g/mol. The predicted molar refractivity (Wildman–Crippen MR) is 81.5 cm³/mol. The lowest BCUT2D eigenvalue weighted by molar-refractivity contribution is 0.413. The second kappa shape index (κ2) is 5.41. The summed E-state index contributed by atoms with van der Waals surface area (Å²) in [4.78, 5) is 0. The van der Waals surface area contributed by atoms with Gasteiger partial charge in [0.1, 0.15) is 11.5 Å². The summed E-state index contributed by atoms with van der Waals surface area (Å²) in [6, 6.07) is 14.6. The second-order valence-electron chi connectivity index (χ2n) is 4.96. The van der Waals surface area contributed by atoms with Crippen molar-refractivity contribution >= 4 is 6.08 Å². The minimum atomic E-state index is 0.385. The number of benzene rings is 2. The highest BCUT2D eigenvalue weighted by molar-refractivity contribution is 5.61. The molecule has 2 heteroatoms. The Balaban J connectivity index is 2.01. The largest absolute Gasteiger partial charge is 0.497 e. The van der Waals surface area contributed by atoms with Crippen LogP contribution in [-0.4, -0.2) is 14.2 Å². The molecule has 20 heavy (non-hydrogen) atoms. The van der Waals surface area contributed by atoms with E-state index in [0.29, 0.717) is 5.92 Å². The average Bonchev–Trinajstić information content (AvgIpc) is 2.54. The van der Waals surface area contributed by atoms with Crippen LogP contribution in [0.15, 0.2) is 48.5 Å². The number of hydrogen-bond acceptors (Lipinski definition) is 2. The van der Waals surface area contributed by atoms with Crippen molar-refractivity contribution in [3.05, 3.63) is 65.2 Å². The molecule has 0 saturated heterocycles. The van der Waals surface area contributed by atoms with Crippen LogP contribution in [0, 0.1) is 0 Å². The third kappa shape index (κ3) is 2.29. The molecule has 2 aromatic rings. The van der Waals surface area contributed by atoms with E-state index in [2.05, 4.69) is 36.4 Å². The number of hydrogen-bond donors (Lipinski definition) is 0. The van der Waals surface area contributed by atoms with Gasteiger partial charge in [0.15, 0.2) is 0 Å². The molecule has 3 rings (SSSR count). The molecule has 0 radical (unpaired) electrons. The van der Waals surface area contributed by atoms with Crippen LogP contribution in [0.4, 0.5) is 0 Å². The quantitative estimate of drug-likeness (QED) is 0.826. The molecule has 0 spiro atoms. The lowest BCUT2D eigenvalue weighted by atomic mass is 9.82. The third-order valence-corrected chi connectivity index (χ3v) is 3.86. The van der Waals surface area contributed by atoms with Crippen molar-refractivity contribution in [1.29, 1.82) is 0 Å². The van der Waals surface area contributed by atoms with Crippen molar-refractivity contribution < 1.29 is 9.47 Å². The summed E-state index contributed by atoms with van der Waals surface area (Å²) in [5.41, 5.74) is 3.92. The van der Waals surface area contributed by atoms with E-state index in [1.54, 1.807) is 14.2 Å². The van der Waals surface area contributed by atoms with E-state index in [-0.39, 0.29) is 0 Å². The summed E-state index contributed by atoms with van der Waals surface area (Å²) in [5.74, 6) is 2.19. The van der Waals surface area contributed by atoms with Crippen LogP contribution in [0.2, 0.25) is 0 Å². The molecule has 0 heterocycles. The molecule has 0 aromatic heterocycles. The van der Waals surface area contributed by atoms with Gasteiger partial charge in [-0.1, -0.05) is 30.4 Å². The molecule has 1 atom stereocenters. The van der Waals surface area contributed by atoms with E-state index in [9.17, 15) is 0 Å². The first-order chi connectivity index (χ1) is 9.81. The normalized spacial score (nSPS) is 16.6. The smallest absolute Gasteiger partial charge is 0.119 e. The van der Waals surface area contributed by atoms with Gasteiger partial charge < -0.3 is 9.47 Å². The zero-order chi connectivity index (χ0) is 13.9. The molecule has 1 aliphatic carbocycles. The van der Waals surface area contributed by atoms with E-state index < -0.39 is 0 Å². The van der Waals surface area contributed by atoms with E-state index in [0.717, 1.165) is 17.9 Å². The Morgan fingerprint density at radius 3 is 2.30 bits per heavy atom. The summed E-state index contributed by atoms with van der Waals surface area (Å²) in [6.45, 7) is 0. The average molecular weight is 266 g/mol. The molecule has 0 bridgehead atoms. The Kier molecular flexibility index (Phi) is 3.46. The summed E-state index contributed by atoms with van der Waals surface area (Å²) in [6.07, 6.45) is 5.45. The Hall–Kier alpha value is -2.22. The maximum Gasteiger partial charge on any atom is 0.119 e. The molecule has 1 aliphatic rings. The van der Waals surface area contributed by atoms with Crippen LogP contribution in [0.25, 0.3) is 6.08 Å². The van der Waals surface area contributed by atoms with Crippen molar-refractivity contribution in [3.8, 4) is 11.5 Å². The fourth-order valence-corrected chi connectivity index (χ4v) is 2.74. The van der Waals surface area contributed by atoms with Gasteiger partial charge in [-0.15, -0.1) is 0 Å². The third-order valence-electron chi connectivity index (χ3n) is 3.86. The Labute approximate surface area is 119 Å². The minimum absolute atomic E-state index is 0.385. The first-order valence-corrected chi connectivity index (χ1v) is 6.80. The lowest BCUT2D eigenvalue weighted by Crippen LogP contribution is -2.06. The van der Waals surface area contributed by atoms with E-state index >= 15 is 0 Å². The summed E-state index contributed by atoms with van der Waals surface area (Å²) >= 11 is 0. The second-order valence-corrected chi connectivity index (χ2v) is 4.96. The Bertz CT molecular complexity index is 626. The minimum Gasteiger partial charge on any atom is -0.497 e. The zero-order valence-electron chi connectivity index (χ0n) is 11.8. The van der Waals surface area contributed by atoms with E-state index in [1.165, 1.54) is 16.7 Å². The molecular weight excluding hydrogens is 248 g/mol. The predicted octanol–water partition coefficient (Wildman–Crippen LogP) is 4.25. The van der Waals surface area contributed by atoms with Crippen LogP contribution in [0.3, 0.4) is 0 Å². The van der Waals surface area contributed by atoms with Gasteiger partial charge in [0.05, 0.1) is 14.2 Å². The highest BCUT2D eigenvalue weighted by Gasteiger charge is 2.19. The number of fused-ring (bicyclic) bond motifs is 1. The maximum atomic E-state index is 5.36. The summed E-state index contributed by atoms with van der Waals surface area (Å²) in [7, 11) is 3.40. The standard InChI is InChI=1S/C18H18O2/c1-19-15-9-6-14(7-10-15)17-5-3-4-13-8-11-16(20-2)12-18(13)17/h3-4,6-12,17H,5H2,1-2H3. The van der Waals surface area contributed by atoms with Crippen molar-refractivity contribution in [3.63, 3.8) is 0 Å². The van der Waals surface area contributed by atoms with Gasteiger partial charge in [-0.2, -0.15) is 0 Å². The topological polar surface area (TPSA) is 18.5 Å². The molecule has 2 aromatic carbocycles. The van der Waals surface area contributed by atoms with Crippen molar-refractivity contribution in [2.45, 2.75) is 12.3 Å². The highest BCUT2D eigenvalue weighted by atomic mass is 16.5. The molecule has 102 valence electrons. The van der Waals surface area contributed by atoms with E-state index in [1.807, 2.05) is 18.2 Å². The van der Waals surface area contributed by atoms with Crippen molar-refractivity contribution in [2.75, 3.05) is 14.2 Å². The number of allylic oxidation sites excluding steroid dienone is 1. The molecule has 1 unspecified atom stereocenters. The SMILES string of the molecule is COc1ccc(C2CC=Cc3ccc(OC)cc32)cc1. The molecular formula is C18H18O2. The lowest BCUT2D eigenvalue weighted by Gasteiger charge is -2.23. The number of ether oxygens (including phenoxy) is 2. The molecule has 0 N–H and O–H groups in total. The van der Waals surface area contributed by atoms with Crippen molar-refractivity contribution in [1.82, 2.24) is 0 Å². The van der Waals surface area contributed by atoms with Gasteiger partial charge in [0.25, 0.3) is 0 Å². The van der Waals surface area contributed by atoms with Crippen LogP contribution in [0.5, 0.6) is 11.5 Å². The van der Waals surface area contributed by atoms with Gasteiger partial charge >= 0.3 is 0 Å². The number of rotatable bonds is 3. The molecule has 2 nitrogen and oxygen atoms in total. The fourth-order valence-electron chi connectivity index (χ4n) is 2.74. The van der Waals surface area contributed by atoms with Gasteiger partial charge in [-0.05, 0) is 47.4 Å². The van der Waals surface area contributed by atoms with Crippen molar-refractivity contribution in [2.24, 2.45) is 0 Å². The van der Waals surface area contributed by atoms with Gasteiger partial charge in [-0.25, -0.2) is 0 Å². The molecule has 0 amide bonds. The van der Waals surface area contributed by atoms with Crippen LogP contribution < -0.4 is 9.47 Å². The zero-order valence-corrected chi connectivity index (χ0v) is 11.8. The molecule has 0 fully saturated rings. The maximum absolute atomic E-state index is 5.36. The summed E-state index contributed by atoms with van der Waals surface area (Å²) < 4.78 is 10.6. The highest BCUT2D eigenvalue weighted by Crippen LogP contribution is 2.37. The molecule has 0 aliphatic heterocycles. The van der Waals surface area contributed by atoms with E-state index in [4.69, 9.17) is 9.47 Å². The van der Waals surface area contributed by atoms with Crippen LogP contribution in [-0.2, 0) is 0 Å². The van der Waals surface area contributed by atoms with Gasteiger partial charge in [0, 0.05) is 5.92 Å². The first kappa shape index (κ1) is 12.8. The number of methoxy groups -OCH3 is 2.